The summed E-state index contributed by atoms with van der Waals surface area (Å²) in [7, 11) is 0. The summed E-state index contributed by atoms with van der Waals surface area (Å²) in [6, 6.07) is 9.59. The summed E-state index contributed by atoms with van der Waals surface area (Å²) >= 11 is 0. The minimum Gasteiger partial charge on any atom is -0.345 e. The highest BCUT2D eigenvalue weighted by Gasteiger charge is 2.22. The van der Waals surface area contributed by atoms with Crippen molar-refractivity contribution in [2.75, 3.05) is 0 Å². The van der Waals surface area contributed by atoms with Crippen molar-refractivity contribution in [3.63, 3.8) is 0 Å². The van der Waals surface area contributed by atoms with Gasteiger partial charge in [-0.15, -0.1) is 0 Å². The second kappa shape index (κ2) is 7.67. The summed E-state index contributed by atoms with van der Waals surface area (Å²) in [5, 5.41) is 0. The minimum atomic E-state index is -0.224. The van der Waals surface area contributed by atoms with Crippen molar-refractivity contribution in [3.05, 3.63) is 65.2 Å². The smallest absolute Gasteiger partial charge is 0.137 e. The highest BCUT2D eigenvalue weighted by atomic mass is 19.1. The number of hydrogen-bond donors (Lipinski definition) is 1. The molecule has 2 aromatic carbocycles. The average molecular weight is 365 g/mol. The van der Waals surface area contributed by atoms with Crippen LogP contribution in [0.4, 0.5) is 4.39 Å². The first-order valence-corrected chi connectivity index (χ1v) is 9.77. The van der Waals surface area contributed by atoms with Crippen LogP contribution in [-0.2, 0) is 0 Å². The van der Waals surface area contributed by atoms with Crippen molar-refractivity contribution >= 4 is 0 Å². The van der Waals surface area contributed by atoms with Gasteiger partial charge in [0.2, 0.25) is 0 Å². The molecule has 0 saturated heterocycles. The Morgan fingerprint density at radius 3 is 1.93 bits per heavy atom. The van der Waals surface area contributed by atoms with Gasteiger partial charge in [0.25, 0.3) is 0 Å². The Hall–Kier alpha value is -2.42. The maximum Gasteiger partial charge on any atom is 0.137 e. The van der Waals surface area contributed by atoms with E-state index in [-0.39, 0.29) is 5.82 Å². The van der Waals surface area contributed by atoms with Crippen molar-refractivity contribution in [2.24, 2.45) is 0 Å². The van der Waals surface area contributed by atoms with E-state index < -0.39 is 0 Å². The molecule has 1 heterocycles. The molecular weight excluding hydrogens is 335 g/mol. The van der Waals surface area contributed by atoms with Crippen LogP contribution in [0.25, 0.3) is 22.5 Å². The van der Waals surface area contributed by atoms with Gasteiger partial charge in [-0.25, -0.2) is 9.37 Å². The third-order valence-electron chi connectivity index (χ3n) is 5.14. The van der Waals surface area contributed by atoms with Crippen LogP contribution in [0.3, 0.4) is 0 Å². The van der Waals surface area contributed by atoms with Crippen LogP contribution in [0, 0.1) is 5.82 Å². The molecule has 0 fully saturated rings. The van der Waals surface area contributed by atoms with E-state index in [1.165, 1.54) is 22.8 Å². The first-order valence-electron chi connectivity index (χ1n) is 9.77. The molecule has 27 heavy (non-hydrogen) atoms. The number of hydrogen-bond acceptors (Lipinski definition) is 1. The Bertz CT molecular complexity index is 893. The molecule has 0 aliphatic heterocycles. The van der Waals surface area contributed by atoms with Crippen LogP contribution in [0.2, 0.25) is 0 Å². The number of H-pyrrole nitrogens is 1. The third-order valence-corrected chi connectivity index (χ3v) is 5.14. The standard InChI is InChI=1S/C24H29FN2/c1-14(2)17-11-20(15(3)4)23(21(12-17)16(5)6)22-13-18(25)7-8-19(22)24-26-9-10-27-24/h7-16H,1-6H3,(H,26,27). The Kier molecular flexibility index (Phi) is 5.50. The molecule has 0 radical (unpaired) electrons. The quantitative estimate of drug-likeness (QED) is 0.507. The zero-order valence-corrected chi connectivity index (χ0v) is 17.1. The molecule has 142 valence electrons. The molecule has 0 unspecified atom stereocenters. The number of aromatic amines is 1. The first kappa shape index (κ1) is 19.3. The zero-order valence-electron chi connectivity index (χ0n) is 17.1. The summed E-state index contributed by atoms with van der Waals surface area (Å²) in [4.78, 5) is 7.60. The molecule has 3 aromatic rings. The van der Waals surface area contributed by atoms with Crippen LogP contribution < -0.4 is 0 Å². The monoisotopic (exact) mass is 364 g/mol. The van der Waals surface area contributed by atoms with Crippen molar-refractivity contribution in [3.8, 4) is 22.5 Å². The van der Waals surface area contributed by atoms with Crippen LogP contribution in [0.5, 0.6) is 0 Å². The van der Waals surface area contributed by atoms with Gasteiger partial charge in [-0.3, -0.25) is 0 Å². The predicted octanol–water partition coefficient (Wildman–Crippen LogP) is 7.25. The second-order valence-corrected chi connectivity index (χ2v) is 8.17. The second-order valence-electron chi connectivity index (χ2n) is 8.17. The molecule has 0 saturated carbocycles. The number of aromatic nitrogens is 2. The number of benzene rings is 2. The average Bonchev–Trinajstić information content (AvgIpc) is 3.14. The number of halogens is 1. The SMILES string of the molecule is CC(C)c1cc(C(C)C)c(-c2cc(F)ccc2-c2ncc[nH]2)c(C(C)C)c1. The molecule has 0 amide bonds. The summed E-state index contributed by atoms with van der Waals surface area (Å²) in [5.74, 6) is 1.67. The lowest BCUT2D eigenvalue weighted by Gasteiger charge is -2.24. The maximum atomic E-state index is 14.3. The van der Waals surface area contributed by atoms with Crippen molar-refractivity contribution in [1.29, 1.82) is 0 Å². The number of rotatable bonds is 5. The maximum absolute atomic E-state index is 14.3. The van der Waals surface area contributed by atoms with Crippen molar-refractivity contribution in [2.45, 2.75) is 59.3 Å². The van der Waals surface area contributed by atoms with Crippen molar-refractivity contribution in [1.82, 2.24) is 9.97 Å². The van der Waals surface area contributed by atoms with E-state index in [1.807, 2.05) is 6.07 Å². The normalized spacial score (nSPS) is 11.8. The van der Waals surface area contributed by atoms with Crippen LogP contribution in [-0.4, -0.2) is 9.97 Å². The van der Waals surface area contributed by atoms with Gasteiger partial charge in [0.05, 0.1) is 0 Å². The fourth-order valence-corrected chi connectivity index (χ4v) is 3.61. The van der Waals surface area contributed by atoms with Crippen LogP contribution in [0.1, 0.15) is 76.0 Å². The Balaban J connectivity index is 2.39. The van der Waals surface area contributed by atoms with Gasteiger partial charge in [-0.1, -0.05) is 53.7 Å². The van der Waals surface area contributed by atoms with Gasteiger partial charge < -0.3 is 4.98 Å². The van der Waals surface area contributed by atoms with Gasteiger partial charge in [-0.05, 0) is 63.8 Å². The Morgan fingerprint density at radius 2 is 1.44 bits per heavy atom. The summed E-state index contributed by atoms with van der Waals surface area (Å²) in [6.45, 7) is 13.3. The van der Waals surface area contributed by atoms with Gasteiger partial charge in [-0.2, -0.15) is 0 Å². The Morgan fingerprint density at radius 1 is 0.815 bits per heavy atom. The van der Waals surface area contributed by atoms with E-state index in [4.69, 9.17) is 0 Å². The van der Waals surface area contributed by atoms with E-state index >= 15 is 0 Å². The van der Waals surface area contributed by atoms with E-state index in [1.54, 1.807) is 18.5 Å². The van der Waals surface area contributed by atoms with E-state index in [0.717, 1.165) is 22.5 Å². The van der Waals surface area contributed by atoms with Crippen molar-refractivity contribution < 1.29 is 4.39 Å². The lowest BCUT2D eigenvalue weighted by atomic mass is 9.80. The molecule has 0 atom stereocenters. The molecule has 0 aliphatic carbocycles. The predicted molar refractivity (Wildman–Crippen MR) is 112 cm³/mol. The number of imidazole rings is 1. The number of nitrogens with zero attached hydrogens (tertiary/aromatic N) is 1. The Labute approximate surface area is 161 Å². The van der Waals surface area contributed by atoms with Gasteiger partial charge in [0.1, 0.15) is 11.6 Å². The molecule has 0 bridgehead atoms. The first-order chi connectivity index (χ1) is 12.8. The topological polar surface area (TPSA) is 28.7 Å². The molecule has 0 spiro atoms. The van der Waals surface area contributed by atoms with Crippen LogP contribution in [0.15, 0.2) is 42.7 Å². The lowest BCUT2D eigenvalue weighted by molar-refractivity contribution is 0.628. The highest BCUT2D eigenvalue weighted by molar-refractivity contribution is 5.85. The lowest BCUT2D eigenvalue weighted by Crippen LogP contribution is -2.05. The molecular formula is C24H29FN2. The summed E-state index contributed by atoms with van der Waals surface area (Å²) < 4.78 is 14.3. The van der Waals surface area contributed by atoms with E-state index in [9.17, 15) is 4.39 Å². The summed E-state index contributed by atoms with van der Waals surface area (Å²) in [6.07, 6.45) is 3.54. The highest BCUT2D eigenvalue weighted by Crippen LogP contribution is 2.42. The van der Waals surface area contributed by atoms with Crippen LogP contribution >= 0.6 is 0 Å². The van der Waals surface area contributed by atoms with E-state index in [2.05, 4.69) is 63.6 Å². The van der Waals surface area contributed by atoms with E-state index in [0.29, 0.717) is 17.8 Å². The fraction of sp³-hybridized carbons (Fsp3) is 0.375. The van der Waals surface area contributed by atoms with Gasteiger partial charge >= 0.3 is 0 Å². The molecule has 2 nitrogen and oxygen atoms in total. The largest absolute Gasteiger partial charge is 0.345 e. The summed E-state index contributed by atoms with van der Waals surface area (Å²) in [5.41, 5.74) is 6.86. The molecule has 1 N–H and O–H groups in total. The third kappa shape index (κ3) is 3.83. The molecule has 3 rings (SSSR count). The van der Waals surface area contributed by atoms with Gasteiger partial charge in [0, 0.05) is 18.0 Å². The minimum absolute atomic E-state index is 0.224. The molecule has 1 aromatic heterocycles. The molecule has 0 aliphatic rings. The fourth-order valence-electron chi connectivity index (χ4n) is 3.61. The molecule has 3 heteroatoms. The van der Waals surface area contributed by atoms with Gasteiger partial charge in [0.15, 0.2) is 0 Å². The number of nitrogens with one attached hydrogen (secondary N) is 1. The zero-order chi connectivity index (χ0) is 19.7.